The van der Waals surface area contributed by atoms with Crippen LogP contribution in [-0.4, -0.2) is 72.3 Å². The summed E-state index contributed by atoms with van der Waals surface area (Å²) in [7, 11) is 0. The van der Waals surface area contributed by atoms with Gasteiger partial charge in [0, 0.05) is 61.4 Å². The van der Waals surface area contributed by atoms with Gasteiger partial charge >= 0.3 is 0 Å². The van der Waals surface area contributed by atoms with Gasteiger partial charge in [-0.25, -0.2) is 19.9 Å². The van der Waals surface area contributed by atoms with Crippen molar-refractivity contribution in [3.8, 4) is 0 Å². The quantitative estimate of drug-likeness (QED) is 0.246. The van der Waals surface area contributed by atoms with Crippen molar-refractivity contribution in [2.45, 2.75) is 39.5 Å². The first kappa shape index (κ1) is 27.4. The molecule has 2 aliphatic rings. The van der Waals surface area contributed by atoms with Crippen molar-refractivity contribution < 1.29 is 0 Å². The standard InChI is InChI=1S/C32H43N9/c1-23(2)7-13-34-31-27-5-3-25(19-29(27)36-21-38-31)40-15-17-41(18-16-40)26-4-6-28-30(20-26)37-22-39-32(28)35-14-10-24-8-11-33-12-9-24/h3-6,19-24,33H,7-18H2,1-2H3,(H,34,36,38)(H,35,37,39). The molecule has 3 N–H and O–H groups in total. The van der Waals surface area contributed by atoms with Crippen LogP contribution < -0.4 is 25.8 Å². The number of rotatable bonds is 10. The zero-order valence-corrected chi connectivity index (χ0v) is 24.4. The van der Waals surface area contributed by atoms with Gasteiger partial charge in [-0.2, -0.15) is 0 Å². The fourth-order valence-corrected chi connectivity index (χ4v) is 6.03. The predicted octanol–water partition coefficient (Wildman–Crippen LogP) is 5.16. The van der Waals surface area contributed by atoms with Gasteiger partial charge in [0.1, 0.15) is 24.3 Å². The summed E-state index contributed by atoms with van der Waals surface area (Å²) in [5.74, 6) is 3.34. The molecule has 0 radical (unpaired) electrons. The van der Waals surface area contributed by atoms with E-state index >= 15 is 0 Å². The molecule has 0 unspecified atom stereocenters. The number of anilines is 4. The van der Waals surface area contributed by atoms with Crippen LogP contribution in [0.4, 0.5) is 23.0 Å². The highest BCUT2D eigenvalue weighted by atomic mass is 15.3. The average Bonchev–Trinajstić information content (AvgIpc) is 3.01. The van der Waals surface area contributed by atoms with Gasteiger partial charge in [-0.15, -0.1) is 0 Å². The molecule has 0 aliphatic carbocycles. The van der Waals surface area contributed by atoms with Crippen LogP contribution in [0.15, 0.2) is 49.1 Å². The van der Waals surface area contributed by atoms with Crippen LogP contribution in [0.2, 0.25) is 0 Å². The minimum Gasteiger partial charge on any atom is -0.369 e. The van der Waals surface area contributed by atoms with Gasteiger partial charge in [0.2, 0.25) is 0 Å². The number of piperidine rings is 1. The highest BCUT2D eigenvalue weighted by Gasteiger charge is 2.19. The summed E-state index contributed by atoms with van der Waals surface area (Å²) in [6, 6.07) is 13.2. The molecule has 2 aromatic carbocycles. The van der Waals surface area contributed by atoms with Gasteiger partial charge in [-0.3, -0.25) is 0 Å². The maximum atomic E-state index is 4.61. The second kappa shape index (κ2) is 12.9. The van der Waals surface area contributed by atoms with Gasteiger partial charge in [-0.05, 0) is 87.0 Å². The van der Waals surface area contributed by atoms with E-state index < -0.39 is 0 Å². The summed E-state index contributed by atoms with van der Waals surface area (Å²) >= 11 is 0. The van der Waals surface area contributed by atoms with Crippen LogP contribution in [0.1, 0.15) is 39.5 Å². The Morgan fingerprint density at radius 1 is 0.756 bits per heavy atom. The fourth-order valence-electron chi connectivity index (χ4n) is 6.03. The predicted molar refractivity (Wildman–Crippen MR) is 170 cm³/mol. The Morgan fingerprint density at radius 3 is 1.83 bits per heavy atom. The normalized spacial score (nSPS) is 16.6. The Morgan fingerprint density at radius 2 is 1.29 bits per heavy atom. The molecule has 0 amide bonds. The van der Waals surface area contributed by atoms with Crippen LogP contribution in [0.25, 0.3) is 21.8 Å². The molecule has 2 aromatic heterocycles. The first-order chi connectivity index (χ1) is 20.1. The van der Waals surface area contributed by atoms with Crippen molar-refractivity contribution in [2.24, 2.45) is 11.8 Å². The Hall–Kier alpha value is -3.72. The van der Waals surface area contributed by atoms with Crippen LogP contribution in [0.5, 0.6) is 0 Å². The second-order valence-electron chi connectivity index (χ2n) is 11.8. The molecule has 9 nitrogen and oxygen atoms in total. The largest absolute Gasteiger partial charge is 0.369 e. The minimum absolute atomic E-state index is 0.664. The Bertz CT molecular complexity index is 1440. The SMILES string of the molecule is CC(C)CCNc1ncnc2cc(N3CCN(c4ccc5c(NCCC6CCNCC6)ncnc5c4)CC3)ccc12. The molecular weight excluding hydrogens is 510 g/mol. The number of hydrogen-bond acceptors (Lipinski definition) is 9. The molecule has 0 atom stereocenters. The van der Waals surface area contributed by atoms with Crippen molar-refractivity contribution in [2.75, 3.05) is 72.8 Å². The van der Waals surface area contributed by atoms with Gasteiger partial charge in [0.25, 0.3) is 0 Å². The van der Waals surface area contributed by atoms with Gasteiger partial charge in [0.05, 0.1) is 11.0 Å². The monoisotopic (exact) mass is 553 g/mol. The third-order valence-electron chi connectivity index (χ3n) is 8.57. The lowest BCUT2D eigenvalue weighted by atomic mass is 9.95. The van der Waals surface area contributed by atoms with E-state index in [-0.39, 0.29) is 0 Å². The third-order valence-corrected chi connectivity index (χ3v) is 8.57. The smallest absolute Gasteiger partial charge is 0.137 e. The molecule has 2 fully saturated rings. The molecule has 216 valence electrons. The van der Waals surface area contributed by atoms with Crippen molar-refractivity contribution in [1.29, 1.82) is 0 Å². The lowest BCUT2D eigenvalue weighted by molar-refractivity contribution is 0.361. The molecule has 6 rings (SSSR count). The maximum absolute atomic E-state index is 4.61. The molecule has 9 heteroatoms. The highest BCUT2D eigenvalue weighted by molar-refractivity contribution is 5.92. The molecule has 0 bridgehead atoms. The van der Waals surface area contributed by atoms with E-state index in [0.29, 0.717) is 5.92 Å². The van der Waals surface area contributed by atoms with E-state index in [9.17, 15) is 0 Å². The van der Waals surface area contributed by atoms with E-state index in [1.165, 1.54) is 30.6 Å². The van der Waals surface area contributed by atoms with Crippen LogP contribution in [0.3, 0.4) is 0 Å². The van der Waals surface area contributed by atoms with Crippen molar-refractivity contribution in [3.63, 3.8) is 0 Å². The van der Waals surface area contributed by atoms with Crippen LogP contribution in [0, 0.1) is 11.8 Å². The second-order valence-corrected chi connectivity index (χ2v) is 11.8. The highest BCUT2D eigenvalue weighted by Crippen LogP contribution is 2.29. The molecule has 2 aliphatic heterocycles. The van der Waals surface area contributed by atoms with E-state index in [1.807, 2.05) is 0 Å². The summed E-state index contributed by atoms with van der Waals surface area (Å²) in [4.78, 5) is 23.1. The van der Waals surface area contributed by atoms with Crippen molar-refractivity contribution in [3.05, 3.63) is 49.1 Å². The molecule has 41 heavy (non-hydrogen) atoms. The third kappa shape index (κ3) is 6.62. The summed E-state index contributed by atoms with van der Waals surface area (Å²) < 4.78 is 0. The van der Waals surface area contributed by atoms with Crippen molar-refractivity contribution in [1.82, 2.24) is 25.3 Å². The zero-order valence-electron chi connectivity index (χ0n) is 24.4. The molecule has 2 saturated heterocycles. The number of hydrogen-bond donors (Lipinski definition) is 3. The minimum atomic E-state index is 0.664. The van der Waals surface area contributed by atoms with E-state index in [1.54, 1.807) is 12.7 Å². The maximum Gasteiger partial charge on any atom is 0.137 e. The fraction of sp³-hybridized carbons (Fsp3) is 0.500. The van der Waals surface area contributed by atoms with Crippen LogP contribution >= 0.6 is 0 Å². The summed E-state index contributed by atoms with van der Waals surface area (Å²) in [5, 5.41) is 12.7. The Kier molecular flexibility index (Phi) is 8.60. The molecule has 4 aromatic rings. The lowest BCUT2D eigenvalue weighted by Gasteiger charge is -2.37. The van der Waals surface area contributed by atoms with Gasteiger partial charge in [0.15, 0.2) is 0 Å². The number of aromatic nitrogens is 4. The van der Waals surface area contributed by atoms with E-state index in [4.69, 9.17) is 0 Å². The Balaban J connectivity index is 1.07. The lowest BCUT2D eigenvalue weighted by Crippen LogP contribution is -2.46. The summed E-state index contributed by atoms with van der Waals surface area (Å²) in [6.07, 6.45) is 8.21. The van der Waals surface area contributed by atoms with Crippen molar-refractivity contribution >= 4 is 44.8 Å². The first-order valence-corrected chi connectivity index (χ1v) is 15.3. The average molecular weight is 554 g/mol. The number of piperazine rings is 1. The molecule has 4 heterocycles. The molecule has 0 spiro atoms. The summed E-state index contributed by atoms with van der Waals surface area (Å²) in [5.41, 5.74) is 4.42. The molecular formula is C32H43N9. The number of fused-ring (bicyclic) bond motifs is 2. The Labute approximate surface area is 243 Å². The van der Waals surface area contributed by atoms with E-state index in [0.717, 1.165) is 98.1 Å². The number of nitrogens with one attached hydrogen (secondary N) is 3. The topological polar surface area (TPSA) is 94.1 Å². The van der Waals surface area contributed by atoms with E-state index in [2.05, 4.69) is 95.9 Å². The zero-order chi connectivity index (χ0) is 28.0. The van der Waals surface area contributed by atoms with Gasteiger partial charge in [-0.1, -0.05) is 13.8 Å². The number of benzene rings is 2. The first-order valence-electron chi connectivity index (χ1n) is 15.3. The number of nitrogens with zero attached hydrogens (tertiary/aromatic N) is 6. The molecule has 0 saturated carbocycles. The van der Waals surface area contributed by atoms with Gasteiger partial charge < -0.3 is 25.8 Å². The van der Waals surface area contributed by atoms with Crippen LogP contribution in [-0.2, 0) is 0 Å². The summed E-state index contributed by atoms with van der Waals surface area (Å²) in [6.45, 7) is 12.5.